The van der Waals surface area contributed by atoms with Gasteiger partial charge in [0.15, 0.2) is 5.76 Å². The lowest BCUT2D eigenvalue weighted by atomic mass is 10.1. The van der Waals surface area contributed by atoms with Crippen LogP contribution in [0.4, 0.5) is 0 Å². The van der Waals surface area contributed by atoms with Crippen molar-refractivity contribution in [3.63, 3.8) is 0 Å². The first kappa shape index (κ1) is 7.01. The summed E-state index contributed by atoms with van der Waals surface area (Å²) in [4.78, 5) is 0. The highest BCUT2D eigenvalue weighted by Crippen LogP contribution is 2.35. The van der Waals surface area contributed by atoms with Gasteiger partial charge in [-0.1, -0.05) is 24.3 Å². The van der Waals surface area contributed by atoms with E-state index in [2.05, 4.69) is 18.2 Å². The van der Waals surface area contributed by atoms with Crippen LogP contribution in [0, 0.1) is 0 Å². The summed E-state index contributed by atoms with van der Waals surface area (Å²) in [7, 11) is 0. The number of ether oxygens (including phenoxy) is 2. The summed E-state index contributed by atoms with van der Waals surface area (Å²) in [6.07, 6.45) is 0.894. The topological polar surface area (TPSA) is 18.5 Å². The van der Waals surface area contributed by atoms with Crippen LogP contribution >= 0.6 is 0 Å². The third-order valence-electron chi connectivity index (χ3n) is 2.47. The summed E-state index contributed by atoms with van der Waals surface area (Å²) in [5.74, 6) is 1.97. The van der Waals surface area contributed by atoms with Gasteiger partial charge < -0.3 is 9.47 Å². The molecule has 0 unspecified atom stereocenters. The van der Waals surface area contributed by atoms with Gasteiger partial charge in [-0.2, -0.15) is 0 Å². The molecule has 66 valence electrons. The summed E-state index contributed by atoms with van der Waals surface area (Å²) in [6.45, 7) is 1.36. The summed E-state index contributed by atoms with van der Waals surface area (Å²) in [6, 6.07) is 8.30. The Kier molecular flexibility index (Phi) is 1.36. The minimum Gasteiger partial charge on any atom is -0.490 e. The molecule has 0 spiro atoms. The van der Waals surface area contributed by atoms with Gasteiger partial charge in [-0.15, -0.1) is 0 Å². The van der Waals surface area contributed by atoms with E-state index < -0.39 is 0 Å². The molecule has 0 atom stereocenters. The molecule has 2 heteroatoms. The van der Waals surface area contributed by atoms with Crippen LogP contribution in [0.1, 0.15) is 11.1 Å². The van der Waals surface area contributed by atoms with Crippen molar-refractivity contribution < 1.29 is 9.47 Å². The average molecular weight is 174 g/mol. The predicted octanol–water partition coefficient (Wildman–Crippen LogP) is 1.96. The van der Waals surface area contributed by atoms with Crippen molar-refractivity contribution in [3.05, 3.63) is 41.2 Å². The Balaban J connectivity index is 2.12. The Morgan fingerprint density at radius 3 is 2.85 bits per heavy atom. The third kappa shape index (κ3) is 0.949. The number of hydrogen-bond donors (Lipinski definition) is 0. The molecule has 0 aromatic heterocycles. The van der Waals surface area contributed by atoms with E-state index in [1.54, 1.807) is 0 Å². The van der Waals surface area contributed by atoms with Gasteiger partial charge in [0.1, 0.15) is 19.0 Å². The molecule has 0 radical (unpaired) electrons. The summed E-state index contributed by atoms with van der Waals surface area (Å²) >= 11 is 0. The predicted molar refractivity (Wildman–Crippen MR) is 49.0 cm³/mol. The maximum absolute atomic E-state index is 5.58. The normalized spacial score (nSPS) is 18.8. The minimum absolute atomic E-state index is 0.674. The molecule has 0 saturated heterocycles. The molecule has 0 fully saturated rings. The lowest BCUT2D eigenvalue weighted by molar-refractivity contribution is 0.102. The van der Waals surface area contributed by atoms with Crippen LogP contribution in [0.5, 0.6) is 0 Å². The van der Waals surface area contributed by atoms with Gasteiger partial charge in [0.2, 0.25) is 0 Å². The zero-order valence-electron chi connectivity index (χ0n) is 7.25. The molecular formula is C11H10O2. The van der Waals surface area contributed by atoms with Crippen LogP contribution in [0.15, 0.2) is 30.0 Å². The first-order valence-corrected chi connectivity index (χ1v) is 4.52. The van der Waals surface area contributed by atoms with Crippen molar-refractivity contribution in [1.29, 1.82) is 0 Å². The molecule has 0 amide bonds. The highest BCUT2D eigenvalue weighted by molar-refractivity contribution is 5.70. The monoisotopic (exact) mass is 174 g/mol. The van der Waals surface area contributed by atoms with Crippen molar-refractivity contribution in [2.24, 2.45) is 0 Å². The van der Waals surface area contributed by atoms with E-state index in [1.165, 1.54) is 11.1 Å². The molecule has 13 heavy (non-hydrogen) atoms. The van der Waals surface area contributed by atoms with Crippen LogP contribution in [0.2, 0.25) is 0 Å². The Labute approximate surface area is 76.8 Å². The molecule has 1 aromatic carbocycles. The number of hydrogen-bond acceptors (Lipinski definition) is 2. The van der Waals surface area contributed by atoms with E-state index in [0.717, 1.165) is 17.9 Å². The average Bonchev–Trinajstić information content (AvgIpc) is 2.56. The Morgan fingerprint density at radius 2 is 1.85 bits per heavy atom. The van der Waals surface area contributed by atoms with Gasteiger partial charge in [-0.05, 0) is 5.56 Å². The maximum Gasteiger partial charge on any atom is 0.164 e. The van der Waals surface area contributed by atoms with Crippen LogP contribution in [-0.4, -0.2) is 13.2 Å². The first-order chi connectivity index (χ1) is 6.45. The lowest BCUT2D eigenvalue weighted by Gasteiger charge is -2.17. The maximum atomic E-state index is 5.58. The fraction of sp³-hybridized carbons (Fsp3) is 0.273. The molecule has 3 rings (SSSR count). The summed E-state index contributed by atoms with van der Waals surface area (Å²) in [5.41, 5.74) is 2.52. The molecule has 2 aliphatic rings. The number of rotatable bonds is 0. The second-order valence-electron chi connectivity index (χ2n) is 3.28. The third-order valence-corrected chi connectivity index (χ3v) is 2.47. The van der Waals surface area contributed by atoms with Gasteiger partial charge in [-0.3, -0.25) is 0 Å². The van der Waals surface area contributed by atoms with Crippen molar-refractivity contribution in [3.8, 4) is 0 Å². The highest BCUT2D eigenvalue weighted by Gasteiger charge is 2.26. The Bertz CT molecular complexity index is 379. The van der Waals surface area contributed by atoms with Gasteiger partial charge in [0, 0.05) is 12.0 Å². The van der Waals surface area contributed by atoms with Crippen LogP contribution in [-0.2, 0) is 15.9 Å². The largest absolute Gasteiger partial charge is 0.490 e. The van der Waals surface area contributed by atoms with Gasteiger partial charge in [0.25, 0.3) is 0 Å². The van der Waals surface area contributed by atoms with Gasteiger partial charge in [0.05, 0.1) is 0 Å². The zero-order chi connectivity index (χ0) is 8.67. The van der Waals surface area contributed by atoms with E-state index in [4.69, 9.17) is 9.47 Å². The molecule has 1 aliphatic heterocycles. The SMILES string of the molecule is c1ccc2c(c1)CC1=C2OCCO1. The van der Waals surface area contributed by atoms with Gasteiger partial charge in [-0.25, -0.2) is 0 Å². The smallest absolute Gasteiger partial charge is 0.164 e. The minimum atomic E-state index is 0.674. The van der Waals surface area contributed by atoms with Crippen molar-refractivity contribution in [1.82, 2.24) is 0 Å². The van der Waals surface area contributed by atoms with Crippen molar-refractivity contribution >= 4 is 5.76 Å². The molecule has 0 bridgehead atoms. The number of allylic oxidation sites excluding steroid dienone is 1. The summed E-state index contributed by atoms with van der Waals surface area (Å²) in [5, 5.41) is 0. The second-order valence-corrected chi connectivity index (χ2v) is 3.28. The molecular weight excluding hydrogens is 164 g/mol. The number of fused-ring (bicyclic) bond motifs is 2. The standard InChI is InChI=1S/C11H10O2/c1-2-4-9-8(3-1)7-10-11(9)13-6-5-12-10/h1-4H,5-7H2. The first-order valence-electron chi connectivity index (χ1n) is 4.52. The lowest BCUT2D eigenvalue weighted by Crippen LogP contribution is -2.10. The fourth-order valence-electron chi connectivity index (χ4n) is 1.88. The molecule has 1 aromatic rings. The van der Waals surface area contributed by atoms with Crippen molar-refractivity contribution in [2.45, 2.75) is 6.42 Å². The van der Waals surface area contributed by atoms with Crippen molar-refractivity contribution in [2.75, 3.05) is 13.2 Å². The highest BCUT2D eigenvalue weighted by atomic mass is 16.6. The Morgan fingerprint density at radius 1 is 1.00 bits per heavy atom. The van der Waals surface area contributed by atoms with E-state index in [1.807, 2.05) is 6.07 Å². The second kappa shape index (κ2) is 2.52. The molecule has 2 nitrogen and oxygen atoms in total. The van der Waals surface area contributed by atoms with E-state index in [-0.39, 0.29) is 0 Å². The van der Waals surface area contributed by atoms with E-state index >= 15 is 0 Å². The number of benzene rings is 1. The van der Waals surface area contributed by atoms with Gasteiger partial charge >= 0.3 is 0 Å². The van der Waals surface area contributed by atoms with E-state index in [9.17, 15) is 0 Å². The molecule has 1 heterocycles. The van der Waals surface area contributed by atoms with E-state index in [0.29, 0.717) is 13.2 Å². The quantitative estimate of drug-likeness (QED) is 0.598. The molecule has 0 N–H and O–H groups in total. The van der Waals surface area contributed by atoms with Crippen LogP contribution in [0.25, 0.3) is 5.76 Å². The Hall–Kier alpha value is -1.44. The molecule has 0 saturated carbocycles. The van der Waals surface area contributed by atoms with Crippen LogP contribution in [0.3, 0.4) is 0 Å². The zero-order valence-corrected chi connectivity index (χ0v) is 7.25. The summed E-state index contributed by atoms with van der Waals surface area (Å²) < 4.78 is 11.1. The van der Waals surface area contributed by atoms with Crippen LogP contribution < -0.4 is 0 Å². The molecule has 1 aliphatic carbocycles. The fourth-order valence-corrected chi connectivity index (χ4v) is 1.88.